The van der Waals surface area contributed by atoms with Crippen LogP contribution in [0.15, 0.2) is 39.3 Å². The van der Waals surface area contributed by atoms with Gasteiger partial charge in [0.25, 0.3) is 0 Å². The molecule has 0 aromatic heterocycles. The Kier molecular flexibility index (Phi) is 5.43. The van der Waals surface area contributed by atoms with Crippen LogP contribution >= 0.6 is 31.9 Å². The predicted molar refractivity (Wildman–Crippen MR) is 81.9 cm³/mol. The molecule has 2 aromatic rings. The van der Waals surface area contributed by atoms with E-state index in [1.165, 1.54) is 12.1 Å². The Morgan fingerprint density at radius 2 is 1.67 bits per heavy atom. The molecule has 21 heavy (non-hydrogen) atoms. The molecule has 0 saturated heterocycles. The molecule has 7 heteroatoms. The predicted octanol–water partition coefficient (Wildman–Crippen LogP) is 4.38. The molecule has 2 aromatic carbocycles. The van der Waals surface area contributed by atoms with Gasteiger partial charge in [0.05, 0.1) is 10.5 Å². The average Bonchev–Trinajstić information content (AvgIpc) is 2.41. The lowest BCUT2D eigenvalue weighted by molar-refractivity contribution is 0.471. The minimum atomic E-state index is -0.823. The number of rotatable bonds is 4. The van der Waals surface area contributed by atoms with Crippen molar-refractivity contribution in [1.82, 2.24) is 5.43 Å². The summed E-state index contributed by atoms with van der Waals surface area (Å²) in [6, 6.07) is 5.96. The van der Waals surface area contributed by atoms with Crippen molar-refractivity contribution in [1.29, 1.82) is 0 Å². The minimum absolute atomic E-state index is 0.129. The highest BCUT2D eigenvalue weighted by atomic mass is 79.9. The van der Waals surface area contributed by atoms with Crippen LogP contribution in [0, 0.1) is 17.5 Å². The second kappa shape index (κ2) is 6.91. The fraction of sp³-hybridized carbons (Fsp3) is 0.143. The van der Waals surface area contributed by atoms with Crippen molar-refractivity contribution in [2.75, 3.05) is 0 Å². The summed E-state index contributed by atoms with van der Waals surface area (Å²) in [6.45, 7) is 0. The van der Waals surface area contributed by atoms with Gasteiger partial charge in [0.2, 0.25) is 0 Å². The third-order valence-corrected chi connectivity index (χ3v) is 4.39. The Bertz CT molecular complexity index is 642. The van der Waals surface area contributed by atoms with Crippen LogP contribution in [0.5, 0.6) is 0 Å². The lowest BCUT2D eigenvalue weighted by Gasteiger charge is -2.19. The van der Waals surface area contributed by atoms with E-state index in [2.05, 4.69) is 37.3 Å². The second-order valence-electron chi connectivity index (χ2n) is 4.42. The highest BCUT2D eigenvalue weighted by Gasteiger charge is 2.21. The van der Waals surface area contributed by atoms with Gasteiger partial charge in [-0.1, -0.05) is 28.1 Å². The average molecular weight is 424 g/mol. The first-order chi connectivity index (χ1) is 9.93. The fourth-order valence-electron chi connectivity index (χ4n) is 2.06. The quantitative estimate of drug-likeness (QED) is 0.565. The first kappa shape index (κ1) is 16.5. The van der Waals surface area contributed by atoms with Gasteiger partial charge in [-0.15, -0.1) is 0 Å². The smallest absolute Gasteiger partial charge is 0.137 e. The molecule has 0 aliphatic rings. The Morgan fingerprint density at radius 3 is 2.24 bits per heavy atom. The SMILES string of the molecule is NNC(Cc1cccc(F)c1Br)c1c(F)cc(Br)cc1F. The van der Waals surface area contributed by atoms with Gasteiger partial charge in [0.1, 0.15) is 17.5 Å². The molecule has 0 fully saturated rings. The van der Waals surface area contributed by atoms with Crippen molar-refractivity contribution >= 4 is 31.9 Å². The highest BCUT2D eigenvalue weighted by Crippen LogP contribution is 2.29. The topological polar surface area (TPSA) is 38.0 Å². The van der Waals surface area contributed by atoms with Crippen molar-refractivity contribution < 1.29 is 13.2 Å². The van der Waals surface area contributed by atoms with Crippen LogP contribution in [-0.2, 0) is 6.42 Å². The van der Waals surface area contributed by atoms with Crippen molar-refractivity contribution in [3.05, 3.63) is 67.9 Å². The Labute approximate surface area is 136 Å². The van der Waals surface area contributed by atoms with Gasteiger partial charge in [-0.05, 0) is 46.1 Å². The van der Waals surface area contributed by atoms with E-state index >= 15 is 0 Å². The third-order valence-electron chi connectivity index (χ3n) is 3.05. The zero-order valence-electron chi connectivity index (χ0n) is 10.6. The monoisotopic (exact) mass is 422 g/mol. The van der Waals surface area contributed by atoms with Gasteiger partial charge in [-0.2, -0.15) is 0 Å². The molecule has 0 heterocycles. The van der Waals surface area contributed by atoms with E-state index in [4.69, 9.17) is 5.84 Å². The number of hydrogen-bond donors (Lipinski definition) is 2. The summed E-state index contributed by atoms with van der Waals surface area (Å²) in [6.07, 6.45) is 0.129. The van der Waals surface area contributed by atoms with Crippen molar-refractivity contribution in [3.63, 3.8) is 0 Å². The number of benzene rings is 2. The molecule has 2 rings (SSSR count). The van der Waals surface area contributed by atoms with E-state index in [9.17, 15) is 13.2 Å². The third kappa shape index (κ3) is 3.66. The van der Waals surface area contributed by atoms with Gasteiger partial charge in [-0.3, -0.25) is 11.3 Å². The lowest BCUT2D eigenvalue weighted by atomic mass is 9.98. The van der Waals surface area contributed by atoms with Gasteiger partial charge in [-0.25, -0.2) is 13.2 Å². The van der Waals surface area contributed by atoms with Crippen LogP contribution in [0.25, 0.3) is 0 Å². The first-order valence-electron chi connectivity index (χ1n) is 5.97. The number of halogens is 5. The molecule has 112 valence electrons. The van der Waals surface area contributed by atoms with E-state index < -0.39 is 23.5 Å². The molecule has 1 atom stereocenters. The zero-order chi connectivity index (χ0) is 15.6. The Morgan fingerprint density at radius 1 is 1.05 bits per heavy atom. The zero-order valence-corrected chi connectivity index (χ0v) is 13.8. The molecule has 0 spiro atoms. The first-order valence-corrected chi connectivity index (χ1v) is 7.56. The van der Waals surface area contributed by atoms with Crippen molar-refractivity contribution in [2.24, 2.45) is 5.84 Å². The number of hydrogen-bond acceptors (Lipinski definition) is 2. The highest BCUT2D eigenvalue weighted by molar-refractivity contribution is 9.10. The van der Waals surface area contributed by atoms with Crippen LogP contribution in [0.1, 0.15) is 17.2 Å². The summed E-state index contributed by atoms with van der Waals surface area (Å²) < 4.78 is 42.0. The normalized spacial score (nSPS) is 12.5. The van der Waals surface area contributed by atoms with Gasteiger partial charge >= 0.3 is 0 Å². The fourth-order valence-corrected chi connectivity index (χ4v) is 2.88. The molecule has 1 unspecified atom stereocenters. The lowest BCUT2D eigenvalue weighted by Crippen LogP contribution is -2.31. The Balaban J connectivity index is 2.39. The summed E-state index contributed by atoms with van der Waals surface area (Å²) >= 11 is 6.14. The summed E-state index contributed by atoms with van der Waals surface area (Å²) in [7, 11) is 0. The standard InChI is InChI=1S/C14H11Br2F3N2/c15-8-5-10(18)13(11(19)6-8)12(21-20)4-7-2-1-3-9(17)14(7)16/h1-3,5-6,12,21H,4,20H2. The molecule has 0 amide bonds. The van der Waals surface area contributed by atoms with Crippen molar-refractivity contribution in [2.45, 2.75) is 12.5 Å². The van der Waals surface area contributed by atoms with E-state index in [0.717, 1.165) is 12.1 Å². The molecule has 0 saturated carbocycles. The maximum atomic E-state index is 14.0. The van der Waals surface area contributed by atoms with E-state index in [1.54, 1.807) is 6.07 Å². The number of nitrogens with two attached hydrogens (primary N) is 1. The van der Waals surface area contributed by atoms with Crippen LogP contribution < -0.4 is 11.3 Å². The second-order valence-corrected chi connectivity index (χ2v) is 6.13. The van der Waals surface area contributed by atoms with Gasteiger partial charge in [0, 0.05) is 10.0 Å². The van der Waals surface area contributed by atoms with Crippen LogP contribution in [0.3, 0.4) is 0 Å². The van der Waals surface area contributed by atoms with E-state index in [1.807, 2.05) is 0 Å². The summed E-state index contributed by atoms with van der Waals surface area (Å²) in [4.78, 5) is 0. The Hall–Kier alpha value is -0.890. The van der Waals surface area contributed by atoms with Crippen LogP contribution in [-0.4, -0.2) is 0 Å². The van der Waals surface area contributed by atoms with E-state index in [-0.39, 0.29) is 16.5 Å². The maximum Gasteiger partial charge on any atom is 0.137 e. The van der Waals surface area contributed by atoms with Gasteiger partial charge in [0.15, 0.2) is 0 Å². The summed E-state index contributed by atoms with van der Waals surface area (Å²) in [5, 5.41) is 0. The molecular weight excluding hydrogens is 413 g/mol. The largest absolute Gasteiger partial charge is 0.271 e. The maximum absolute atomic E-state index is 14.0. The molecule has 0 radical (unpaired) electrons. The van der Waals surface area contributed by atoms with Crippen molar-refractivity contribution in [3.8, 4) is 0 Å². The minimum Gasteiger partial charge on any atom is -0.271 e. The molecule has 0 aliphatic carbocycles. The van der Waals surface area contributed by atoms with Gasteiger partial charge < -0.3 is 0 Å². The molecule has 2 nitrogen and oxygen atoms in total. The van der Waals surface area contributed by atoms with Crippen LogP contribution in [0.4, 0.5) is 13.2 Å². The summed E-state index contributed by atoms with van der Waals surface area (Å²) in [5.41, 5.74) is 2.75. The molecule has 0 aliphatic heterocycles. The number of nitrogens with one attached hydrogen (secondary N) is 1. The molecule has 0 bridgehead atoms. The molecule has 3 N–H and O–H groups in total. The van der Waals surface area contributed by atoms with E-state index in [0.29, 0.717) is 10.0 Å². The number of hydrazine groups is 1. The van der Waals surface area contributed by atoms with Crippen LogP contribution in [0.2, 0.25) is 0 Å². The molecular formula is C14H11Br2F3N2. The summed E-state index contributed by atoms with van der Waals surface area (Å²) in [5.74, 6) is 3.52.